The van der Waals surface area contributed by atoms with Crippen LogP contribution in [0.3, 0.4) is 0 Å². The van der Waals surface area contributed by atoms with Crippen molar-refractivity contribution in [1.29, 1.82) is 0 Å². The first-order chi connectivity index (χ1) is 12.0. The number of piperidine rings is 1. The van der Waals surface area contributed by atoms with Crippen LogP contribution in [0, 0.1) is 17.6 Å². The number of hydrogen-bond donors (Lipinski definition) is 1. The van der Waals surface area contributed by atoms with Gasteiger partial charge in [-0.3, -0.25) is 9.59 Å². The molecule has 0 spiro atoms. The summed E-state index contributed by atoms with van der Waals surface area (Å²) in [5.74, 6) is -1.29. The molecule has 0 radical (unpaired) electrons. The van der Waals surface area contributed by atoms with Crippen LogP contribution < -0.4 is 5.32 Å². The van der Waals surface area contributed by atoms with Crippen LogP contribution in [-0.4, -0.2) is 42.3 Å². The van der Waals surface area contributed by atoms with Gasteiger partial charge in [-0.05, 0) is 50.3 Å². The molecule has 1 saturated heterocycles. The Morgan fingerprint density at radius 3 is 2.44 bits per heavy atom. The van der Waals surface area contributed by atoms with Gasteiger partial charge in [0.2, 0.25) is 5.91 Å². The Morgan fingerprint density at radius 2 is 1.80 bits per heavy atom. The molecule has 25 heavy (non-hydrogen) atoms. The third kappa shape index (κ3) is 5.08. The molecule has 0 bridgehead atoms. The van der Waals surface area contributed by atoms with Crippen molar-refractivity contribution in [2.45, 2.75) is 44.6 Å². The minimum absolute atomic E-state index is 0.0543. The summed E-state index contributed by atoms with van der Waals surface area (Å²) in [6, 6.07) is 3.35. The van der Waals surface area contributed by atoms with Crippen molar-refractivity contribution < 1.29 is 18.4 Å². The maximum atomic E-state index is 13.6. The summed E-state index contributed by atoms with van der Waals surface area (Å²) in [4.78, 5) is 26.1. The molecule has 0 atom stereocenters. The minimum atomic E-state index is -0.875. The number of nitrogens with zero attached hydrogens (tertiary/aromatic N) is 1. The number of ketones is 1. The number of halogens is 2. The van der Waals surface area contributed by atoms with E-state index >= 15 is 0 Å². The Hall–Kier alpha value is -1.82. The summed E-state index contributed by atoms with van der Waals surface area (Å²) in [6.45, 7) is 2.47. The normalized spacial score (nSPS) is 18.4. The molecule has 2 aliphatic rings. The Bertz CT molecular complexity index is 638. The second-order valence-corrected chi connectivity index (χ2v) is 7.05. The number of carbonyl (C=O) groups excluding carboxylic acids is 2. The van der Waals surface area contributed by atoms with Crippen LogP contribution in [-0.2, 0) is 4.79 Å². The SMILES string of the molecule is O=C(CCC(=O)N1CCC(NCC2CC2)CC1)c1ccc(F)cc1F. The first-order valence-electron chi connectivity index (χ1n) is 9.02. The van der Waals surface area contributed by atoms with Crippen molar-refractivity contribution >= 4 is 11.7 Å². The van der Waals surface area contributed by atoms with Crippen molar-refractivity contribution in [3.05, 3.63) is 35.4 Å². The zero-order chi connectivity index (χ0) is 17.8. The van der Waals surface area contributed by atoms with Gasteiger partial charge in [-0.25, -0.2) is 8.78 Å². The topological polar surface area (TPSA) is 49.4 Å². The van der Waals surface area contributed by atoms with Gasteiger partial charge in [0, 0.05) is 38.0 Å². The average Bonchev–Trinajstić information content (AvgIpc) is 3.42. The van der Waals surface area contributed by atoms with E-state index in [9.17, 15) is 18.4 Å². The summed E-state index contributed by atoms with van der Waals surface area (Å²) in [6.07, 6.45) is 4.52. The summed E-state index contributed by atoms with van der Waals surface area (Å²) < 4.78 is 26.5. The van der Waals surface area contributed by atoms with Crippen molar-refractivity contribution in [2.75, 3.05) is 19.6 Å². The first kappa shape index (κ1) is 18.0. The summed E-state index contributed by atoms with van der Waals surface area (Å²) in [5, 5.41) is 3.56. The summed E-state index contributed by atoms with van der Waals surface area (Å²) in [7, 11) is 0. The number of hydrogen-bond acceptors (Lipinski definition) is 3. The maximum absolute atomic E-state index is 13.6. The predicted molar refractivity (Wildman–Crippen MR) is 90.3 cm³/mol. The molecular weight excluding hydrogens is 326 g/mol. The van der Waals surface area contributed by atoms with E-state index in [1.807, 2.05) is 0 Å². The van der Waals surface area contributed by atoms with Gasteiger partial charge in [0.1, 0.15) is 11.6 Å². The summed E-state index contributed by atoms with van der Waals surface area (Å²) in [5.41, 5.74) is -0.155. The Labute approximate surface area is 146 Å². The van der Waals surface area contributed by atoms with Crippen LogP contribution in [0.15, 0.2) is 18.2 Å². The lowest BCUT2D eigenvalue weighted by molar-refractivity contribution is -0.132. The Balaban J connectivity index is 1.41. The van der Waals surface area contributed by atoms with Gasteiger partial charge in [0.15, 0.2) is 5.78 Å². The van der Waals surface area contributed by atoms with Crippen molar-refractivity contribution in [3.63, 3.8) is 0 Å². The molecule has 3 rings (SSSR count). The monoisotopic (exact) mass is 350 g/mol. The fourth-order valence-electron chi connectivity index (χ4n) is 3.22. The lowest BCUT2D eigenvalue weighted by Gasteiger charge is -2.32. The van der Waals surface area contributed by atoms with E-state index in [1.54, 1.807) is 4.90 Å². The number of amides is 1. The van der Waals surface area contributed by atoms with E-state index in [0.29, 0.717) is 25.2 Å². The third-order valence-corrected chi connectivity index (χ3v) is 5.04. The van der Waals surface area contributed by atoms with E-state index in [-0.39, 0.29) is 24.3 Å². The second-order valence-electron chi connectivity index (χ2n) is 7.05. The van der Waals surface area contributed by atoms with Gasteiger partial charge < -0.3 is 10.2 Å². The van der Waals surface area contributed by atoms with Crippen molar-refractivity contribution in [2.24, 2.45) is 5.92 Å². The van der Waals surface area contributed by atoms with E-state index in [1.165, 1.54) is 12.8 Å². The predicted octanol–water partition coefficient (Wildman–Crippen LogP) is 2.92. The molecule has 1 aromatic carbocycles. The van der Waals surface area contributed by atoms with E-state index in [2.05, 4.69) is 5.32 Å². The molecule has 6 heteroatoms. The molecule has 1 aliphatic carbocycles. The van der Waals surface area contributed by atoms with E-state index < -0.39 is 17.4 Å². The molecule has 1 N–H and O–H groups in total. The van der Waals surface area contributed by atoms with Gasteiger partial charge in [0.05, 0.1) is 5.56 Å². The molecule has 0 unspecified atom stereocenters. The number of Topliss-reactive ketones (excluding diaryl/α,β-unsaturated/α-hetero) is 1. The largest absolute Gasteiger partial charge is 0.343 e. The quantitative estimate of drug-likeness (QED) is 0.769. The van der Waals surface area contributed by atoms with Gasteiger partial charge >= 0.3 is 0 Å². The van der Waals surface area contributed by atoms with Gasteiger partial charge in [-0.15, -0.1) is 0 Å². The van der Waals surface area contributed by atoms with Crippen LogP contribution in [0.4, 0.5) is 8.78 Å². The third-order valence-electron chi connectivity index (χ3n) is 5.04. The molecule has 1 saturated carbocycles. The Morgan fingerprint density at radius 1 is 1.08 bits per heavy atom. The van der Waals surface area contributed by atoms with Crippen LogP contribution >= 0.6 is 0 Å². The minimum Gasteiger partial charge on any atom is -0.343 e. The molecule has 2 fully saturated rings. The highest BCUT2D eigenvalue weighted by Gasteiger charge is 2.26. The van der Waals surface area contributed by atoms with E-state index in [4.69, 9.17) is 0 Å². The smallest absolute Gasteiger partial charge is 0.223 e. The Kier molecular flexibility index (Phi) is 5.78. The highest BCUT2D eigenvalue weighted by atomic mass is 19.1. The zero-order valence-electron chi connectivity index (χ0n) is 14.3. The molecule has 1 heterocycles. The van der Waals surface area contributed by atoms with Crippen LogP contribution in [0.2, 0.25) is 0 Å². The molecule has 1 aromatic rings. The van der Waals surface area contributed by atoms with Crippen LogP contribution in [0.25, 0.3) is 0 Å². The van der Waals surface area contributed by atoms with Gasteiger partial charge in [-0.1, -0.05) is 0 Å². The number of nitrogens with one attached hydrogen (secondary N) is 1. The molecule has 0 aromatic heterocycles. The molecule has 4 nitrogen and oxygen atoms in total. The van der Waals surface area contributed by atoms with Crippen LogP contribution in [0.5, 0.6) is 0 Å². The fraction of sp³-hybridized carbons (Fsp3) is 0.579. The highest BCUT2D eigenvalue weighted by Crippen LogP contribution is 2.28. The fourth-order valence-corrected chi connectivity index (χ4v) is 3.22. The molecular formula is C19H24F2N2O2. The standard InChI is InChI=1S/C19H24F2N2O2/c20-14-3-4-16(17(21)11-14)18(24)5-6-19(25)23-9-7-15(8-10-23)22-12-13-1-2-13/h3-4,11,13,15,22H,1-2,5-10,12H2. The van der Waals surface area contributed by atoms with Crippen molar-refractivity contribution in [1.82, 2.24) is 10.2 Å². The molecule has 1 aliphatic heterocycles. The van der Waals surface area contributed by atoms with Gasteiger partial charge in [-0.2, -0.15) is 0 Å². The molecule has 1 amide bonds. The van der Waals surface area contributed by atoms with E-state index in [0.717, 1.165) is 37.4 Å². The highest BCUT2D eigenvalue weighted by molar-refractivity contribution is 5.98. The number of carbonyl (C=O) groups is 2. The number of rotatable bonds is 7. The average molecular weight is 350 g/mol. The molecule has 136 valence electrons. The maximum Gasteiger partial charge on any atom is 0.223 e. The number of likely N-dealkylation sites (tertiary alicyclic amines) is 1. The first-order valence-corrected chi connectivity index (χ1v) is 9.02. The van der Waals surface area contributed by atoms with Crippen LogP contribution in [0.1, 0.15) is 48.9 Å². The number of benzene rings is 1. The lowest BCUT2D eigenvalue weighted by atomic mass is 10.0. The zero-order valence-corrected chi connectivity index (χ0v) is 14.3. The second kappa shape index (κ2) is 8.04. The van der Waals surface area contributed by atoms with Gasteiger partial charge in [0.25, 0.3) is 0 Å². The van der Waals surface area contributed by atoms with Crippen molar-refractivity contribution in [3.8, 4) is 0 Å². The lowest BCUT2D eigenvalue weighted by Crippen LogP contribution is -2.45. The summed E-state index contributed by atoms with van der Waals surface area (Å²) >= 11 is 0.